The molecule has 4 heteroatoms. The molecule has 152 valence electrons. The highest BCUT2D eigenvalue weighted by Gasteiger charge is 2.13. The molecular formula is C25H27Cl2NO. The Labute approximate surface area is 183 Å². The van der Waals surface area contributed by atoms with Crippen molar-refractivity contribution in [3.63, 3.8) is 0 Å². The summed E-state index contributed by atoms with van der Waals surface area (Å²) in [6.45, 7) is 5.39. The van der Waals surface area contributed by atoms with Crippen molar-refractivity contribution in [3.05, 3.63) is 99.0 Å². The van der Waals surface area contributed by atoms with E-state index in [1.165, 1.54) is 11.1 Å². The Balaban J connectivity index is 1.60. The molecule has 0 saturated heterocycles. The summed E-state index contributed by atoms with van der Waals surface area (Å²) in [5.74, 6) is 0.694. The molecule has 0 bridgehead atoms. The van der Waals surface area contributed by atoms with Gasteiger partial charge in [0.25, 0.3) is 0 Å². The minimum Gasteiger partial charge on any atom is -0.487 e. The van der Waals surface area contributed by atoms with Gasteiger partial charge in [-0.05, 0) is 49.9 Å². The van der Waals surface area contributed by atoms with Gasteiger partial charge in [-0.3, -0.25) is 0 Å². The van der Waals surface area contributed by atoms with Crippen LogP contribution in [0.3, 0.4) is 0 Å². The van der Waals surface area contributed by atoms with Crippen LogP contribution in [0.1, 0.15) is 35.6 Å². The highest BCUT2D eigenvalue weighted by molar-refractivity contribution is 6.35. The van der Waals surface area contributed by atoms with Gasteiger partial charge in [0.2, 0.25) is 0 Å². The molecule has 29 heavy (non-hydrogen) atoms. The third-order valence-electron chi connectivity index (χ3n) is 4.94. The predicted octanol–water partition coefficient (Wildman–Crippen LogP) is 6.99. The van der Waals surface area contributed by atoms with Crippen LogP contribution in [-0.2, 0) is 19.6 Å². The Morgan fingerprint density at radius 2 is 1.66 bits per heavy atom. The van der Waals surface area contributed by atoms with Crippen LogP contribution in [0.25, 0.3) is 0 Å². The maximum Gasteiger partial charge on any atom is 0.142 e. The Morgan fingerprint density at radius 3 is 2.38 bits per heavy atom. The van der Waals surface area contributed by atoms with Crippen LogP contribution in [0.5, 0.6) is 5.75 Å². The third-order valence-corrected chi connectivity index (χ3v) is 5.44. The monoisotopic (exact) mass is 427 g/mol. The van der Waals surface area contributed by atoms with E-state index in [9.17, 15) is 0 Å². The van der Waals surface area contributed by atoms with Crippen LogP contribution in [0.2, 0.25) is 10.0 Å². The van der Waals surface area contributed by atoms with E-state index in [1.807, 2.05) is 12.1 Å². The van der Waals surface area contributed by atoms with Crippen LogP contribution in [0.4, 0.5) is 0 Å². The summed E-state index contributed by atoms with van der Waals surface area (Å²) in [5, 5.41) is 4.73. The third kappa shape index (κ3) is 6.78. The summed E-state index contributed by atoms with van der Waals surface area (Å²) in [4.78, 5) is 0. The standard InChI is InChI=1S/C25H27Cl2NO/c1-18-8-11-21(12-9-18)17-29-25-22(14-23(26)15-24(25)27)16-28-19(2)10-13-20-6-4-3-5-7-20/h3-9,11-12,14-15,19,28H,10,13,16-17H2,1-2H3/t19-/m1/s1. The molecule has 0 aliphatic rings. The Hall–Kier alpha value is -2.00. The summed E-state index contributed by atoms with van der Waals surface area (Å²) in [6.07, 6.45) is 2.10. The summed E-state index contributed by atoms with van der Waals surface area (Å²) in [5.41, 5.74) is 4.67. The number of ether oxygens (including phenoxy) is 1. The van der Waals surface area contributed by atoms with Crippen LogP contribution in [0.15, 0.2) is 66.7 Å². The van der Waals surface area contributed by atoms with E-state index in [-0.39, 0.29) is 0 Å². The number of aryl methyl sites for hydroxylation is 2. The molecule has 0 saturated carbocycles. The topological polar surface area (TPSA) is 21.3 Å². The fourth-order valence-electron chi connectivity index (χ4n) is 3.16. The van der Waals surface area contributed by atoms with Gasteiger partial charge in [-0.2, -0.15) is 0 Å². The lowest BCUT2D eigenvalue weighted by Gasteiger charge is -2.18. The van der Waals surface area contributed by atoms with Crippen LogP contribution >= 0.6 is 23.2 Å². The van der Waals surface area contributed by atoms with Gasteiger partial charge in [0.05, 0.1) is 5.02 Å². The lowest BCUT2D eigenvalue weighted by molar-refractivity contribution is 0.301. The predicted molar refractivity (Wildman–Crippen MR) is 123 cm³/mol. The van der Waals surface area contributed by atoms with Crippen molar-refractivity contribution in [2.45, 2.75) is 45.9 Å². The number of halogens is 2. The van der Waals surface area contributed by atoms with Crippen molar-refractivity contribution < 1.29 is 4.74 Å². The summed E-state index contributed by atoms with van der Waals surface area (Å²) in [7, 11) is 0. The summed E-state index contributed by atoms with van der Waals surface area (Å²) < 4.78 is 6.08. The molecule has 0 radical (unpaired) electrons. The van der Waals surface area contributed by atoms with E-state index >= 15 is 0 Å². The van der Waals surface area contributed by atoms with E-state index < -0.39 is 0 Å². The van der Waals surface area contributed by atoms with Crippen molar-refractivity contribution in [3.8, 4) is 5.75 Å². The molecular weight excluding hydrogens is 401 g/mol. The molecule has 0 heterocycles. The molecule has 1 N–H and O–H groups in total. The van der Waals surface area contributed by atoms with Gasteiger partial charge in [0.1, 0.15) is 12.4 Å². The van der Waals surface area contributed by atoms with E-state index in [2.05, 4.69) is 67.7 Å². The van der Waals surface area contributed by atoms with E-state index in [1.54, 1.807) is 6.07 Å². The molecule has 3 rings (SSSR count). The van der Waals surface area contributed by atoms with Gasteiger partial charge >= 0.3 is 0 Å². The zero-order valence-electron chi connectivity index (χ0n) is 16.9. The van der Waals surface area contributed by atoms with Gasteiger partial charge in [-0.1, -0.05) is 83.4 Å². The number of rotatable bonds is 9. The van der Waals surface area contributed by atoms with E-state index in [0.717, 1.165) is 24.0 Å². The molecule has 1 atom stereocenters. The van der Waals surface area contributed by atoms with Gasteiger partial charge in [-0.25, -0.2) is 0 Å². The maximum atomic E-state index is 6.45. The van der Waals surface area contributed by atoms with Gasteiger partial charge < -0.3 is 10.1 Å². The Morgan fingerprint density at radius 1 is 0.931 bits per heavy atom. The van der Waals surface area contributed by atoms with Gasteiger partial charge in [0, 0.05) is 23.2 Å². The number of hydrogen-bond acceptors (Lipinski definition) is 2. The molecule has 0 amide bonds. The molecule has 0 unspecified atom stereocenters. The molecule has 0 fully saturated rings. The van der Waals surface area contributed by atoms with E-state index in [4.69, 9.17) is 27.9 Å². The average molecular weight is 428 g/mol. The Kier molecular flexibility index (Phi) is 8.00. The molecule has 3 aromatic carbocycles. The number of nitrogens with one attached hydrogen (secondary N) is 1. The summed E-state index contributed by atoms with van der Waals surface area (Å²) in [6, 6.07) is 22.9. The number of hydrogen-bond donors (Lipinski definition) is 1. The zero-order valence-corrected chi connectivity index (χ0v) is 18.4. The van der Waals surface area contributed by atoms with Crippen molar-refractivity contribution in [1.82, 2.24) is 5.32 Å². The lowest BCUT2D eigenvalue weighted by Crippen LogP contribution is -2.26. The quantitative estimate of drug-likeness (QED) is 0.397. The first-order valence-electron chi connectivity index (χ1n) is 9.95. The lowest BCUT2D eigenvalue weighted by atomic mass is 10.1. The molecule has 0 spiro atoms. The van der Waals surface area contributed by atoms with Crippen molar-refractivity contribution in [2.24, 2.45) is 0 Å². The Bertz CT molecular complexity index is 910. The van der Waals surface area contributed by atoms with Crippen molar-refractivity contribution >= 4 is 23.2 Å². The second-order valence-electron chi connectivity index (χ2n) is 7.46. The minimum atomic E-state index is 0.359. The smallest absolute Gasteiger partial charge is 0.142 e. The van der Waals surface area contributed by atoms with Crippen LogP contribution in [0, 0.1) is 6.92 Å². The minimum absolute atomic E-state index is 0.359. The maximum absolute atomic E-state index is 6.45. The largest absolute Gasteiger partial charge is 0.487 e. The van der Waals surface area contributed by atoms with Gasteiger partial charge in [-0.15, -0.1) is 0 Å². The highest BCUT2D eigenvalue weighted by atomic mass is 35.5. The first-order valence-corrected chi connectivity index (χ1v) is 10.7. The molecule has 0 aromatic heterocycles. The number of benzene rings is 3. The second kappa shape index (κ2) is 10.7. The fraction of sp³-hybridized carbons (Fsp3) is 0.280. The fourth-order valence-corrected chi connectivity index (χ4v) is 3.75. The van der Waals surface area contributed by atoms with E-state index in [0.29, 0.717) is 35.0 Å². The highest BCUT2D eigenvalue weighted by Crippen LogP contribution is 2.33. The van der Waals surface area contributed by atoms with Crippen molar-refractivity contribution in [2.75, 3.05) is 0 Å². The zero-order chi connectivity index (χ0) is 20.6. The average Bonchev–Trinajstić information content (AvgIpc) is 2.72. The van der Waals surface area contributed by atoms with Crippen molar-refractivity contribution in [1.29, 1.82) is 0 Å². The SMILES string of the molecule is Cc1ccc(COc2c(Cl)cc(Cl)cc2CN[C@H](C)CCc2ccccc2)cc1. The second-order valence-corrected chi connectivity index (χ2v) is 8.30. The summed E-state index contributed by atoms with van der Waals surface area (Å²) >= 11 is 12.7. The molecule has 0 aliphatic carbocycles. The van der Waals surface area contributed by atoms with Crippen LogP contribution < -0.4 is 10.1 Å². The normalized spacial score (nSPS) is 12.0. The molecule has 0 aliphatic heterocycles. The first-order chi connectivity index (χ1) is 14.0. The van der Waals surface area contributed by atoms with Crippen LogP contribution in [-0.4, -0.2) is 6.04 Å². The molecule has 3 aromatic rings. The first kappa shape index (κ1) is 21.7. The molecule has 2 nitrogen and oxygen atoms in total. The van der Waals surface area contributed by atoms with Gasteiger partial charge in [0.15, 0.2) is 0 Å².